The van der Waals surface area contributed by atoms with Gasteiger partial charge in [0.2, 0.25) is 0 Å². The van der Waals surface area contributed by atoms with E-state index in [2.05, 4.69) is 38.4 Å². The molecule has 2 aliphatic heterocycles. The van der Waals surface area contributed by atoms with Crippen molar-refractivity contribution >= 4 is 17.6 Å². The van der Waals surface area contributed by atoms with Crippen molar-refractivity contribution in [1.82, 2.24) is 25.6 Å². The molecule has 0 saturated heterocycles. The summed E-state index contributed by atoms with van der Waals surface area (Å²) < 4.78 is 15.9. The fourth-order valence-corrected chi connectivity index (χ4v) is 3.86. The smallest absolute Gasteiger partial charge is 0.138 e. The molecule has 0 saturated carbocycles. The van der Waals surface area contributed by atoms with E-state index in [1.54, 1.807) is 23.3 Å². The molecule has 3 aromatic rings. The highest BCUT2D eigenvalue weighted by Gasteiger charge is 2.36. The van der Waals surface area contributed by atoms with E-state index in [1.807, 2.05) is 25.2 Å². The summed E-state index contributed by atoms with van der Waals surface area (Å²) >= 11 is 0. The van der Waals surface area contributed by atoms with Crippen LogP contribution in [-0.4, -0.2) is 14.8 Å². The summed E-state index contributed by atoms with van der Waals surface area (Å²) in [5, 5.41) is 9.55. The molecule has 3 N–H and O–H groups in total. The van der Waals surface area contributed by atoms with Gasteiger partial charge in [-0.15, -0.1) is 0 Å². The fraction of sp³-hybridized carbons (Fsp3) is 0.158. The first-order chi connectivity index (χ1) is 12.7. The van der Waals surface area contributed by atoms with Crippen molar-refractivity contribution in [2.24, 2.45) is 7.05 Å². The van der Waals surface area contributed by atoms with Gasteiger partial charge in [-0.1, -0.05) is 30.3 Å². The number of rotatable bonds is 2. The number of aromatic nitrogens is 3. The van der Waals surface area contributed by atoms with Crippen molar-refractivity contribution < 1.29 is 4.39 Å². The second-order valence-corrected chi connectivity index (χ2v) is 6.50. The van der Waals surface area contributed by atoms with Gasteiger partial charge in [0, 0.05) is 29.4 Å². The van der Waals surface area contributed by atoms with Gasteiger partial charge in [-0.2, -0.15) is 5.10 Å². The van der Waals surface area contributed by atoms with Gasteiger partial charge in [0.1, 0.15) is 18.0 Å². The number of halogens is 1. The van der Waals surface area contributed by atoms with Crippen LogP contribution in [-0.2, 0) is 7.05 Å². The Balaban J connectivity index is 1.82. The highest BCUT2D eigenvalue weighted by Crippen LogP contribution is 2.39. The molecule has 3 heterocycles. The van der Waals surface area contributed by atoms with Crippen molar-refractivity contribution in [2.75, 3.05) is 5.32 Å². The predicted molar refractivity (Wildman–Crippen MR) is 96.3 cm³/mol. The van der Waals surface area contributed by atoms with Crippen molar-refractivity contribution in [1.29, 1.82) is 0 Å². The van der Waals surface area contributed by atoms with E-state index >= 15 is 0 Å². The summed E-state index contributed by atoms with van der Waals surface area (Å²) in [4.78, 5) is 4.50. The number of hydrogen-bond acceptors (Lipinski definition) is 5. The van der Waals surface area contributed by atoms with E-state index in [1.165, 1.54) is 6.07 Å². The molecule has 0 bridgehead atoms. The van der Waals surface area contributed by atoms with Crippen LogP contribution in [0.5, 0.6) is 0 Å². The third-order valence-electron chi connectivity index (χ3n) is 4.98. The van der Waals surface area contributed by atoms with E-state index in [-0.39, 0.29) is 17.8 Å². The van der Waals surface area contributed by atoms with Gasteiger partial charge in [0.25, 0.3) is 0 Å². The van der Waals surface area contributed by atoms with Crippen molar-refractivity contribution in [2.45, 2.75) is 12.0 Å². The quantitative estimate of drug-likeness (QED) is 0.641. The van der Waals surface area contributed by atoms with Gasteiger partial charge in [-0.3, -0.25) is 4.68 Å². The Morgan fingerprint density at radius 3 is 2.77 bits per heavy atom. The molecule has 5 rings (SSSR count). The molecule has 0 aliphatic carbocycles. The van der Waals surface area contributed by atoms with E-state index in [0.29, 0.717) is 0 Å². The Bertz CT molecular complexity index is 1100. The highest BCUT2D eigenvalue weighted by atomic mass is 19.1. The zero-order chi connectivity index (χ0) is 17.7. The van der Waals surface area contributed by atoms with Crippen molar-refractivity contribution in [3.63, 3.8) is 0 Å². The van der Waals surface area contributed by atoms with Crippen molar-refractivity contribution in [3.8, 4) is 0 Å². The standard InChI is InChI=1S/C19H17FN6/c1-26-19(21-10-23-26)16-17(11-5-3-2-4-6-11)24-14-8-13(20)7-12-9-22-25-18(16)15(12)14/h2-10,16-17,22,24-25H,1H3. The van der Waals surface area contributed by atoms with Gasteiger partial charge in [-0.25, -0.2) is 9.37 Å². The largest absolute Gasteiger partial charge is 0.376 e. The monoisotopic (exact) mass is 348 g/mol. The van der Waals surface area contributed by atoms with Gasteiger partial charge in [0.05, 0.1) is 17.7 Å². The summed E-state index contributed by atoms with van der Waals surface area (Å²) in [7, 11) is 1.88. The first kappa shape index (κ1) is 14.9. The number of benzene rings is 2. The summed E-state index contributed by atoms with van der Waals surface area (Å²) in [6, 6.07) is 13.1. The number of nitrogens with zero attached hydrogens (tertiary/aromatic N) is 3. The molecular formula is C19H17FN6. The van der Waals surface area contributed by atoms with Crippen LogP contribution in [0.25, 0.3) is 11.9 Å². The molecule has 0 amide bonds. The Morgan fingerprint density at radius 2 is 2.00 bits per heavy atom. The van der Waals surface area contributed by atoms with E-state index in [9.17, 15) is 4.39 Å². The lowest BCUT2D eigenvalue weighted by Gasteiger charge is -2.36. The molecule has 0 fully saturated rings. The second-order valence-electron chi connectivity index (χ2n) is 6.50. The molecule has 130 valence electrons. The zero-order valence-electron chi connectivity index (χ0n) is 14.1. The maximum atomic E-state index is 14.1. The molecule has 2 aliphatic rings. The van der Waals surface area contributed by atoms with E-state index in [4.69, 9.17) is 0 Å². The number of nitrogens with one attached hydrogen (secondary N) is 3. The fourth-order valence-electron chi connectivity index (χ4n) is 3.86. The minimum absolute atomic E-state index is 0.108. The van der Waals surface area contributed by atoms with Crippen LogP contribution < -0.4 is 26.6 Å². The minimum Gasteiger partial charge on any atom is -0.376 e. The third kappa shape index (κ3) is 2.17. The number of anilines is 1. The second kappa shape index (κ2) is 5.59. The Labute approximate surface area is 149 Å². The van der Waals surface area contributed by atoms with Gasteiger partial charge < -0.3 is 16.2 Å². The predicted octanol–water partition coefficient (Wildman–Crippen LogP) is 0.859. The molecule has 6 nitrogen and oxygen atoms in total. The molecule has 26 heavy (non-hydrogen) atoms. The topological polar surface area (TPSA) is 66.8 Å². The Hall–Kier alpha value is -3.35. The van der Waals surface area contributed by atoms with E-state index in [0.717, 1.165) is 33.2 Å². The summed E-state index contributed by atoms with van der Waals surface area (Å²) in [6.45, 7) is 0. The lowest BCUT2D eigenvalue weighted by molar-refractivity contribution is 0.565. The SMILES string of the molecule is Cn1ncnc1C1C2=c3c(cc(F)cc3=CNN2)NC1c1ccccc1. The molecular weight excluding hydrogens is 331 g/mol. The maximum Gasteiger partial charge on any atom is 0.138 e. The third-order valence-corrected chi connectivity index (χ3v) is 4.98. The van der Waals surface area contributed by atoms with Crippen LogP contribution in [0.4, 0.5) is 10.1 Å². The maximum absolute atomic E-state index is 14.1. The number of aryl methyl sites for hydroxylation is 1. The Kier molecular flexibility index (Phi) is 3.21. The first-order valence-electron chi connectivity index (χ1n) is 8.43. The Morgan fingerprint density at radius 1 is 1.15 bits per heavy atom. The summed E-state index contributed by atoms with van der Waals surface area (Å²) in [5.74, 6) is 0.454. The number of hydrogen-bond donors (Lipinski definition) is 3. The lowest BCUT2D eigenvalue weighted by Crippen LogP contribution is -2.50. The zero-order valence-corrected chi connectivity index (χ0v) is 14.1. The van der Waals surface area contributed by atoms with Crippen LogP contribution in [0.1, 0.15) is 23.3 Å². The van der Waals surface area contributed by atoms with Crippen LogP contribution >= 0.6 is 0 Å². The van der Waals surface area contributed by atoms with Gasteiger partial charge in [0.15, 0.2) is 0 Å². The molecule has 7 heteroatoms. The molecule has 2 unspecified atom stereocenters. The summed E-state index contributed by atoms with van der Waals surface area (Å²) in [6.07, 6.45) is 3.32. The van der Waals surface area contributed by atoms with Gasteiger partial charge in [-0.05, 0) is 17.7 Å². The molecule has 1 aromatic heterocycles. The summed E-state index contributed by atoms with van der Waals surface area (Å²) in [5.41, 5.74) is 9.15. The minimum atomic E-state index is -0.269. The number of hydrazine groups is 1. The molecule has 0 spiro atoms. The normalized spacial score (nSPS) is 20.3. The van der Waals surface area contributed by atoms with Crippen LogP contribution in [0, 0.1) is 5.82 Å². The van der Waals surface area contributed by atoms with Crippen molar-refractivity contribution in [3.05, 3.63) is 76.4 Å². The van der Waals surface area contributed by atoms with Crippen LogP contribution in [0.2, 0.25) is 0 Å². The van der Waals surface area contributed by atoms with Crippen LogP contribution in [0.3, 0.4) is 0 Å². The average molecular weight is 348 g/mol. The first-order valence-corrected chi connectivity index (χ1v) is 8.43. The highest BCUT2D eigenvalue weighted by molar-refractivity contribution is 5.68. The molecule has 0 radical (unpaired) electrons. The van der Waals surface area contributed by atoms with Crippen LogP contribution in [0.15, 0.2) is 48.8 Å². The van der Waals surface area contributed by atoms with Gasteiger partial charge >= 0.3 is 0 Å². The molecule has 2 aromatic carbocycles. The lowest BCUT2D eigenvalue weighted by atomic mass is 9.84. The molecule has 2 atom stereocenters. The van der Waals surface area contributed by atoms with E-state index < -0.39 is 0 Å². The average Bonchev–Trinajstić information content (AvgIpc) is 3.07.